The molecular weight excluding hydrogens is 282 g/mol. The summed E-state index contributed by atoms with van der Waals surface area (Å²) in [6.45, 7) is 3.36. The van der Waals surface area contributed by atoms with E-state index in [-0.39, 0.29) is 0 Å². The molecule has 21 heavy (non-hydrogen) atoms. The van der Waals surface area contributed by atoms with Gasteiger partial charge in [-0.3, -0.25) is 4.90 Å². The Balaban J connectivity index is 1.53. The number of nitrogens with one attached hydrogen (secondary N) is 1. The minimum atomic E-state index is 0.329. The smallest absolute Gasteiger partial charge is 0.187 e. The van der Waals surface area contributed by atoms with Crippen LogP contribution in [0.2, 0.25) is 0 Å². The lowest BCUT2D eigenvalue weighted by Gasteiger charge is -2.30. The Bertz CT molecular complexity index is 550. The van der Waals surface area contributed by atoms with Crippen molar-refractivity contribution in [1.29, 1.82) is 0 Å². The highest BCUT2D eigenvalue weighted by atomic mass is 32.1. The van der Waals surface area contributed by atoms with Crippen LogP contribution < -0.4 is 5.32 Å². The van der Waals surface area contributed by atoms with Crippen molar-refractivity contribution in [3.8, 4) is 0 Å². The molecule has 0 radical (unpaired) electrons. The van der Waals surface area contributed by atoms with Crippen molar-refractivity contribution in [3.05, 3.63) is 41.4 Å². The highest BCUT2D eigenvalue weighted by molar-refractivity contribution is 7.13. The number of benzene rings is 1. The predicted octanol–water partition coefficient (Wildman–Crippen LogP) is 3.09. The van der Waals surface area contributed by atoms with Gasteiger partial charge in [0.2, 0.25) is 0 Å². The normalized spacial score (nSPS) is 17.0. The lowest BCUT2D eigenvalue weighted by Crippen LogP contribution is -2.34. The third-order valence-electron chi connectivity index (χ3n) is 3.93. The fraction of sp³-hybridized carbons (Fsp3) is 0.438. The van der Waals surface area contributed by atoms with Crippen molar-refractivity contribution in [3.63, 3.8) is 0 Å². The standard InChI is InChI=1S/C16H21N3OS/c20-11-13-6-8-19(9-7-13)10-15-12-21-16(18-15)17-14-4-2-1-3-5-14/h1-5,12-13,20H,6-11H2,(H,17,18). The number of aliphatic hydroxyl groups is 1. The van der Waals surface area contributed by atoms with Crippen LogP contribution in [0.1, 0.15) is 18.5 Å². The maximum atomic E-state index is 9.17. The molecule has 1 aromatic carbocycles. The third-order valence-corrected chi connectivity index (χ3v) is 4.73. The molecule has 0 amide bonds. The van der Waals surface area contributed by atoms with Gasteiger partial charge in [0.05, 0.1) is 5.69 Å². The van der Waals surface area contributed by atoms with Gasteiger partial charge in [-0.25, -0.2) is 4.98 Å². The molecule has 2 heterocycles. The molecule has 0 saturated carbocycles. The number of thiazole rings is 1. The van der Waals surface area contributed by atoms with Gasteiger partial charge >= 0.3 is 0 Å². The molecule has 1 aliphatic heterocycles. The van der Waals surface area contributed by atoms with Gasteiger partial charge in [0, 0.05) is 24.2 Å². The lowest BCUT2D eigenvalue weighted by atomic mass is 9.98. The topological polar surface area (TPSA) is 48.4 Å². The van der Waals surface area contributed by atoms with E-state index in [2.05, 4.69) is 20.6 Å². The Morgan fingerprint density at radius 1 is 1.24 bits per heavy atom. The molecule has 4 nitrogen and oxygen atoms in total. The minimum Gasteiger partial charge on any atom is -0.396 e. The number of hydrogen-bond acceptors (Lipinski definition) is 5. The highest BCUT2D eigenvalue weighted by Crippen LogP contribution is 2.23. The maximum Gasteiger partial charge on any atom is 0.187 e. The number of nitrogens with zero attached hydrogens (tertiary/aromatic N) is 2. The van der Waals surface area contributed by atoms with E-state index in [0.29, 0.717) is 12.5 Å². The molecule has 0 spiro atoms. The average molecular weight is 303 g/mol. The summed E-state index contributed by atoms with van der Waals surface area (Å²) in [6, 6.07) is 10.1. The van der Waals surface area contributed by atoms with Crippen LogP contribution in [0.15, 0.2) is 35.7 Å². The second kappa shape index (κ2) is 7.02. The Hall–Kier alpha value is -1.43. The molecule has 2 aromatic rings. The van der Waals surface area contributed by atoms with Crippen molar-refractivity contribution < 1.29 is 5.11 Å². The summed E-state index contributed by atoms with van der Waals surface area (Å²) in [7, 11) is 0. The minimum absolute atomic E-state index is 0.329. The van der Waals surface area contributed by atoms with E-state index in [4.69, 9.17) is 0 Å². The number of aliphatic hydroxyl groups excluding tert-OH is 1. The van der Waals surface area contributed by atoms with Crippen molar-refractivity contribution >= 4 is 22.2 Å². The second-order valence-electron chi connectivity index (χ2n) is 5.54. The summed E-state index contributed by atoms with van der Waals surface area (Å²) in [5.74, 6) is 0.493. The van der Waals surface area contributed by atoms with Gasteiger partial charge in [-0.2, -0.15) is 0 Å². The van der Waals surface area contributed by atoms with Crippen molar-refractivity contribution in [2.24, 2.45) is 5.92 Å². The van der Waals surface area contributed by atoms with Crippen LogP contribution >= 0.6 is 11.3 Å². The second-order valence-corrected chi connectivity index (χ2v) is 6.40. The average Bonchev–Trinajstić information content (AvgIpc) is 2.96. The molecule has 5 heteroatoms. The van der Waals surface area contributed by atoms with Crippen LogP contribution in [0.4, 0.5) is 10.8 Å². The summed E-state index contributed by atoms with van der Waals surface area (Å²) < 4.78 is 0. The van der Waals surface area contributed by atoms with Gasteiger partial charge in [0.1, 0.15) is 0 Å². The molecule has 1 aromatic heterocycles. The molecule has 0 bridgehead atoms. The zero-order valence-electron chi connectivity index (χ0n) is 12.0. The Labute approximate surface area is 129 Å². The first-order valence-corrected chi connectivity index (χ1v) is 8.31. The van der Waals surface area contributed by atoms with E-state index >= 15 is 0 Å². The van der Waals surface area contributed by atoms with Crippen LogP contribution in [-0.4, -0.2) is 34.7 Å². The van der Waals surface area contributed by atoms with Crippen LogP contribution in [0.3, 0.4) is 0 Å². The summed E-state index contributed by atoms with van der Waals surface area (Å²) in [5, 5.41) is 15.6. The Morgan fingerprint density at radius 2 is 2.00 bits per heavy atom. The predicted molar refractivity (Wildman–Crippen MR) is 86.9 cm³/mol. The van der Waals surface area contributed by atoms with E-state index < -0.39 is 0 Å². The van der Waals surface area contributed by atoms with Gasteiger partial charge < -0.3 is 10.4 Å². The van der Waals surface area contributed by atoms with Gasteiger partial charge in [0.25, 0.3) is 0 Å². The third kappa shape index (κ3) is 4.03. The first-order valence-electron chi connectivity index (χ1n) is 7.43. The maximum absolute atomic E-state index is 9.17. The van der Waals surface area contributed by atoms with Gasteiger partial charge in [-0.05, 0) is 44.0 Å². The van der Waals surface area contributed by atoms with Crippen molar-refractivity contribution in [1.82, 2.24) is 9.88 Å². The molecule has 2 N–H and O–H groups in total. The number of hydrogen-bond donors (Lipinski definition) is 2. The van der Waals surface area contributed by atoms with E-state index in [1.807, 2.05) is 30.3 Å². The van der Waals surface area contributed by atoms with Crippen molar-refractivity contribution in [2.75, 3.05) is 25.0 Å². The van der Waals surface area contributed by atoms with E-state index in [0.717, 1.165) is 49.0 Å². The monoisotopic (exact) mass is 303 g/mol. The Morgan fingerprint density at radius 3 is 2.71 bits per heavy atom. The fourth-order valence-corrected chi connectivity index (χ4v) is 3.36. The van der Waals surface area contributed by atoms with Gasteiger partial charge in [-0.1, -0.05) is 18.2 Å². The van der Waals surface area contributed by atoms with E-state index in [1.54, 1.807) is 11.3 Å². The van der Waals surface area contributed by atoms with Crippen LogP contribution in [0, 0.1) is 5.92 Å². The molecule has 1 aliphatic rings. The molecule has 0 aliphatic carbocycles. The van der Waals surface area contributed by atoms with Crippen molar-refractivity contribution in [2.45, 2.75) is 19.4 Å². The first-order chi connectivity index (χ1) is 10.3. The Kier molecular flexibility index (Phi) is 4.85. The zero-order chi connectivity index (χ0) is 14.5. The summed E-state index contributed by atoms with van der Waals surface area (Å²) in [5.41, 5.74) is 2.20. The van der Waals surface area contributed by atoms with E-state index in [9.17, 15) is 5.11 Å². The SMILES string of the molecule is OCC1CCN(Cc2csc(Nc3ccccc3)n2)CC1. The number of aromatic nitrogens is 1. The number of likely N-dealkylation sites (tertiary alicyclic amines) is 1. The summed E-state index contributed by atoms with van der Waals surface area (Å²) >= 11 is 1.65. The zero-order valence-corrected chi connectivity index (χ0v) is 12.9. The van der Waals surface area contributed by atoms with Gasteiger partial charge in [-0.15, -0.1) is 11.3 Å². The molecule has 0 unspecified atom stereocenters. The van der Waals surface area contributed by atoms with Gasteiger partial charge in [0.15, 0.2) is 5.13 Å². The number of para-hydroxylation sites is 1. The first kappa shape index (κ1) is 14.5. The largest absolute Gasteiger partial charge is 0.396 e. The fourth-order valence-electron chi connectivity index (χ4n) is 2.64. The molecule has 3 rings (SSSR count). The summed E-state index contributed by atoms with van der Waals surface area (Å²) in [4.78, 5) is 7.08. The van der Waals surface area contributed by atoms with Crippen LogP contribution in [-0.2, 0) is 6.54 Å². The molecular formula is C16H21N3OS. The number of piperidine rings is 1. The molecule has 1 saturated heterocycles. The molecule has 112 valence electrons. The quantitative estimate of drug-likeness (QED) is 0.891. The summed E-state index contributed by atoms with van der Waals surface area (Å²) in [6.07, 6.45) is 2.19. The lowest BCUT2D eigenvalue weighted by molar-refractivity contribution is 0.126. The molecule has 1 fully saturated rings. The van der Waals surface area contributed by atoms with Crippen LogP contribution in [0.25, 0.3) is 0 Å². The number of rotatable bonds is 5. The number of anilines is 2. The highest BCUT2D eigenvalue weighted by Gasteiger charge is 2.19. The van der Waals surface area contributed by atoms with E-state index in [1.165, 1.54) is 0 Å². The van der Waals surface area contributed by atoms with Crippen LogP contribution in [0.5, 0.6) is 0 Å². The molecule has 0 atom stereocenters.